The predicted octanol–water partition coefficient (Wildman–Crippen LogP) is 3.99. The van der Waals surface area contributed by atoms with Crippen molar-refractivity contribution in [3.8, 4) is 11.5 Å². The lowest BCUT2D eigenvalue weighted by atomic mass is 9.95. The molecule has 3 rings (SSSR count). The molecule has 2 aromatic rings. The number of carbonyl (C=O) groups excluding carboxylic acids is 2. The van der Waals surface area contributed by atoms with Crippen LogP contribution >= 0.6 is 11.6 Å². The number of nitrogens with zero attached hydrogens (tertiary/aromatic N) is 1. The molecule has 29 heavy (non-hydrogen) atoms. The number of nitrogens with one attached hydrogen (secondary N) is 1. The van der Waals surface area contributed by atoms with Crippen molar-refractivity contribution in [3.63, 3.8) is 0 Å². The van der Waals surface area contributed by atoms with Gasteiger partial charge in [0.1, 0.15) is 17.3 Å². The molecule has 1 aliphatic heterocycles. The number of piperidine rings is 1. The minimum absolute atomic E-state index is 0.0494. The maximum Gasteiger partial charge on any atom is 0.256 e. The molecular weight excluding hydrogens is 399 g/mol. The summed E-state index contributed by atoms with van der Waals surface area (Å²) in [6.45, 7) is 0.763. The molecule has 0 spiro atoms. The molecule has 1 N–H and O–H groups in total. The van der Waals surface area contributed by atoms with Crippen molar-refractivity contribution < 1.29 is 23.5 Å². The molecule has 6 nitrogen and oxygen atoms in total. The Kier molecular flexibility index (Phi) is 6.59. The Morgan fingerprint density at radius 2 is 1.76 bits per heavy atom. The summed E-state index contributed by atoms with van der Waals surface area (Å²) < 4.78 is 24.3. The summed E-state index contributed by atoms with van der Waals surface area (Å²) >= 11 is 6.09. The molecular formula is C21H22ClFN2O4. The van der Waals surface area contributed by atoms with Gasteiger partial charge in [-0.1, -0.05) is 23.7 Å². The lowest BCUT2D eigenvalue weighted by Crippen LogP contribution is -2.41. The van der Waals surface area contributed by atoms with Crippen LogP contribution in [0.1, 0.15) is 23.2 Å². The van der Waals surface area contributed by atoms with Gasteiger partial charge in [0.25, 0.3) is 5.91 Å². The molecule has 0 bridgehead atoms. The van der Waals surface area contributed by atoms with Gasteiger partial charge >= 0.3 is 0 Å². The Hall–Kier alpha value is -2.80. The van der Waals surface area contributed by atoms with Gasteiger partial charge in [-0.2, -0.15) is 0 Å². The number of halogens is 2. The topological polar surface area (TPSA) is 67.9 Å². The van der Waals surface area contributed by atoms with E-state index in [0.717, 1.165) is 0 Å². The minimum Gasteiger partial charge on any atom is -0.495 e. The maximum absolute atomic E-state index is 13.9. The van der Waals surface area contributed by atoms with Crippen molar-refractivity contribution in [1.82, 2.24) is 4.90 Å². The monoisotopic (exact) mass is 420 g/mol. The number of methoxy groups -OCH3 is 2. The molecule has 8 heteroatoms. The molecule has 0 aromatic heterocycles. The number of likely N-dealkylation sites (tertiary alicyclic amines) is 1. The van der Waals surface area contributed by atoms with E-state index >= 15 is 0 Å². The average molecular weight is 421 g/mol. The lowest BCUT2D eigenvalue weighted by molar-refractivity contribution is -0.121. The van der Waals surface area contributed by atoms with E-state index in [-0.39, 0.29) is 23.3 Å². The zero-order chi connectivity index (χ0) is 21.0. The third kappa shape index (κ3) is 4.62. The number of rotatable bonds is 5. The quantitative estimate of drug-likeness (QED) is 0.794. The molecule has 1 fully saturated rings. The summed E-state index contributed by atoms with van der Waals surface area (Å²) in [7, 11) is 2.97. The van der Waals surface area contributed by atoms with Gasteiger partial charge in [0.05, 0.1) is 30.5 Å². The van der Waals surface area contributed by atoms with Gasteiger partial charge in [-0.05, 0) is 25.0 Å². The van der Waals surface area contributed by atoms with Crippen LogP contribution in [0.25, 0.3) is 0 Å². The molecule has 154 valence electrons. The second-order valence-electron chi connectivity index (χ2n) is 6.72. The molecule has 2 amide bonds. The number of carbonyl (C=O) groups is 2. The van der Waals surface area contributed by atoms with Crippen LogP contribution in [0.4, 0.5) is 10.1 Å². The van der Waals surface area contributed by atoms with Crippen molar-refractivity contribution >= 4 is 29.1 Å². The maximum atomic E-state index is 13.9. The van der Waals surface area contributed by atoms with Crippen molar-refractivity contribution in [3.05, 3.63) is 52.8 Å². The number of amides is 2. The van der Waals surface area contributed by atoms with Crippen LogP contribution in [-0.2, 0) is 4.79 Å². The van der Waals surface area contributed by atoms with Crippen LogP contribution in [0.2, 0.25) is 5.02 Å². The summed E-state index contributed by atoms with van der Waals surface area (Å²) in [6, 6.07) is 9.09. The van der Waals surface area contributed by atoms with Gasteiger partial charge in [0, 0.05) is 31.1 Å². The van der Waals surface area contributed by atoms with Crippen molar-refractivity contribution in [2.45, 2.75) is 12.8 Å². The first-order valence-corrected chi connectivity index (χ1v) is 9.58. The van der Waals surface area contributed by atoms with E-state index in [0.29, 0.717) is 48.1 Å². The number of anilines is 1. The van der Waals surface area contributed by atoms with Gasteiger partial charge in [-0.25, -0.2) is 4.39 Å². The predicted molar refractivity (Wildman–Crippen MR) is 108 cm³/mol. The highest BCUT2D eigenvalue weighted by Crippen LogP contribution is 2.36. The van der Waals surface area contributed by atoms with Gasteiger partial charge in [-0.3, -0.25) is 9.59 Å². The fourth-order valence-corrected chi connectivity index (χ4v) is 3.57. The SMILES string of the molecule is COc1cc(NC(=O)C2CCN(C(=O)c3ccccc3F)CC2)c(OC)cc1Cl. The Morgan fingerprint density at radius 3 is 2.38 bits per heavy atom. The molecule has 0 saturated carbocycles. The van der Waals surface area contributed by atoms with Crippen LogP contribution in [0, 0.1) is 11.7 Å². The van der Waals surface area contributed by atoms with Gasteiger partial charge in [0.2, 0.25) is 5.91 Å². The first-order chi connectivity index (χ1) is 13.9. The Balaban J connectivity index is 1.64. The highest BCUT2D eigenvalue weighted by Gasteiger charge is 2.29. The Labute approximate surface area is 173 Å². The molecule has 1 aliphatic rings. The van der Waals surface area contributed by atoms with Crippen molar-refractivity contribution in [2.75, 3.05) is 32.6 Å². The minimum atomic E-state index is -0.541. The summed E-state index contributed by atoms with van der Waals surface area (Å²) in [4.78, 5) is 26.8. The second-order valence-corrected chi connectivity index (χ2v) is 7.13. The highest BCUT2D eigenvalue weighted by molar-refractivity contribution is 6.32. The summed E-state index contributed by atoms with van der Waals surface area (Å²) in [5.74, 6) is -0.492. The van der Waals surface area contributed by atoms with Crippen LogP contribution in [0.15, 0.2) is 36.4 Å². The first kappa shape index (κ1) is 20.9. The zero-order valence-corrected chi connectivity index (χ0v) is 17.0. The lowest BCUT2D eigenvalue weighted by Gasteiger charge is -2.31. The molecule has 0 radical (unpaired) electrons. The van der Waals surface area contributed by atoms with E-state index in [1.165, 1.54) is 26.4 Å². The smallest absolute Gasteiger partial charge is 0.256 e. The van der Waals surface area contributed by atoms with E-state index in [1.807, 2.05) is 0 Å². The van der Waals surface area contributed by atoms with E-state index in [2.05, 4.69) is 5.32 Å². The molecule has 0 atom stereocenters. The highest BCUT2D eigenvalue weighted by atomic mass is 35.5. The number of hydrogen-bond acceptors (Lipinski definition) is 4. The summed E-state index contributed by atoms with van der Waals surface area (Å²) in [5.41, 5.74) is 0.511. The van der Waals surface area contributed by atoms with E-state index in [1.54, 1.807) is 29.2 Å². The van der Waals surface area contributed by atoms with Crippen LogP contribution < -0.4 is 14.8 Å². The summed E-state index contributed by atoms with van der Waals surface area (Å²) in [5, 5.41) is 3.23. The normalized spacial score (nSPS) is 14.4. The third-order valence-electron chi connectivity index (χ3n) is 4.99. The Bertz CT molecular complexity index is 914. The van der Waals surface area contributed by atoms with Crippen molar-refractivity contribution in [2.24, 2.45) is 5.92 Å². The van der Waals surface area contributed by atoms with Gasteiger partial charge < -0.3 is 19.7 Å². The molecule has 0 aliphatic carbocycles. The van der Waals surface area contributed by atoms with E-state index < -0.39 is 5.82 Å². The molecule has 1 heterocycles. The molecule has 0 unspecified atom stereocenters. The average Bonchev–Trinajstić information content (AvgIpc) is 2.74. The first-order valence-electron chi connectivity index (χ1n) is 9.20. The zero-order valence-electron chi connectivity index (χ0n) is 16.2. The van der Waals surface area contributed by atoms with E-state index in [9.17, 15) is 14.0 Å². The Morgan fingerprint density at radius 1 is 1.10 bits per heavy atom. The fourth-order valence-electron chi connectivity index (χ4n) is 3.34. The number of benzene rings is 2. The van der Waals surface area contributed by atoms with Crippen LogP contribution in [0.5, 0.6) is 11.5 Å². The van der Waals surface area contributed by atoms with Crippen LogP contribution in [-0.4, -0.2) is 44.0 Å². The van der Waals surface area contributed by atoms with E-state index in [4.69, 9.17) is 21.1 Å². The fraction of sp³-hybridized carbons (Fsp3) is 0.333. The largest absolute Gasteiger partial charge is 0.495 e. The van der Waals surface area contributed by atoms with Gasteiger partial charge in [-0.15, -0.1) is 0 Å². The second kappa shape index (κ2) is 9.13. The van der Waals surface area contributed by atoms with Crippen LogP contribution in [0.3, 0.4) is 0 Å². The molecule has 2 aromatic carbocycles. The number of hydrogen-bond donors (Lipinski definition) is 1. The van der Waals surface area contributed by atoms with Crippen molar-refractivity contribution in [1.29, 1.82) is 0 Å². The molecule has 1 saturated heterocycles. The number of ether oxygens (including phenoxy) is 2. The third-order valence-corrected chi connectivity index (χ3v) is 5.28. The summed E-state index contributed by atoms with van der Waals surface area (Å²) in [6.07, 6.45) is 0.970. The standard InChI is InChI=1S/C21H22ClFN2O4/c1-28-18-12-17(19(29-2)11-15(18)22)24-20(26)13-7-9-25(10-8-13)21(27)14-5-3-4-6-16(14)23/h3-6,11-13H,7-10H2,1-2H3,(H,24,26). The van der Waals surface area contributed by atoms with Gasteiger partial charge in [0.15, 0.2) is 0 Å².